The number of nitrogens with two attached hydrogens (primary N) is 1. The van der Waals surface area contributed by atoms with Crippen molar-refractivity contribution < 1.29 is 4.79 Å². The first-order valence-corrected chi connectivity index (χ1v) is 6.16. The molecule has 0 aliphatic heterocycles. The number of carbonyl (C=O) groups is 1. The van der Waals surface area contributed by atoms with Gasteiger partial charge in [0.05, 0.1) is 11.3 Å². The summed E-state index contributed by atoms with van der Waals surface area (Å²) in [5.41, 5.74) is 7.00. The van der Waals surface area contributed by atoms with Gasteiger partial charge in [0, 0.05) is 5.54 Å². The number of nitriles is 1. The number of para-hydroxylation sites is 1. The molecule has 0 heterocycles. The number of hydrogen-bond acceptors (Lipinski definition) is 3. The lowest BCUT2D eigenvalue weighted by molar-refractivity contribution is 0.236. The van der Waals surface area contributed by atoms with Crippen LogP contribution < -0.4 is 16.4 Å². The zero-order valence-electron chi connectivity index (χ0n) is 12.1. The van der Waals surface area contributed by atoms with Crippen LogP contribution >= 0.6 is 0 Å². The quantitative estimate of drug-likeness (QED) is 0.537. The zero-order valence-corrected chi connectivity index (χ0v) is 12.1. The maximum atomic E-state index is 11.7. The summed E-state index contributed by atoms with van der Waals surface area (Å²) in [4.78, 5) is 15.7. The molecule has 0 fully saturated rings. The molecule has 6 heteroatoms. The average Bonchev–Trinajstić information content (AvgIpc) is 2.28. The average molecular weight is 273 g/mol. The highest BCUT2D eigenvalue weighted by atomic mass is 16.2. The third-order valence-electron chi connectivity index (χ3n) is 2.32. The number of hydrogen-bond donors (Lipinski definition) is 3. The summed E-state index contributed by atoms with van der Waals surface area (Å²) in [6.45, 7) is 7.39. The van der Waals surface area contributed by atoms with Crippen LogP contribution in [-0.2, 0) is 0 Å². The van der Waals surface area contributed by atoms with E-state index in [1.807, 2.05) is 39.8 Å². The Bertz CT molecular complexity index is 578. The van der Waals surface area contributed by atoms with Crippen molar-refractivity contribution in [3.8, 4) is 6.07 Å². The highest BCUT2D eigenvalue weighted by Crippen LogP contribution is 2.22. The lowest BCUT2D eigenvalue weighted by atomic mass is 10.1. The topological polar surface area (TPSA) is 103 Å². The van der Waals surface area contributed by atoms with Gasteiger partial charge in [0.1, 0.15) is 6.07 Å². The van der Waals surface area contributed by atoms with Crippen molar-refractivity contribution in [1.29, 1.82) is 5.26 Å². The lowest BCUT2D eigenvalue weighted by Crippen LogP contribution is -2.50. The molecular weight excluding hydrogens is 254 g/mol. The van der Waals surface area contributed by atoms with Gasteiger partial charge in [-0.3, -0.25) is 5.32 Å². The van der Waals surface area contributed by atoms with Gasteiger partial charge in [0.25, 0.3) is 0 Å². The SMILES string of the molecule is Cc1cccc(C#N)c1N=C(N)NC(=O)NC(C)(C)C. The fourth-order valence-corrected chi connectivity index (χ4v) is 1.53. The molecule has 0 saturated heterocycles. The predicted molar refractivity (Wildman–Crippen MR) is 78.6 cm³/mol. The Hall–Kier alpha value is -2.55. The summed E-state index contributed by atoms with van der Waals surface area (Å²) in [6, 6.07) is 6.84. The van der Waals surface area contributed by atoms with E-state index in [1.165, 1.54) is 0 Å². The van der Waals surface area contributed by atoms with Gasteiger partial charge < -0.3 is 11.1 Å². The maximum absolute atomic E-state index is 11.7. The monoisotopic (exact) mass is 273 g/mol. The number of rotatable bonds is 1. The number of amides is 2. The molecule has 0 unspecified atom stereocenters. The van der Waals surface area contributed by atoms with Crippen LogP contribution in [0.3, 0.4) is 0 Å². The fraction of sp³-hybridized carbons (Fsp3) is 0.357. The molecule has 1 aromatic rings. The van der Waals surface area contributed by atoms with E-state index >= 15 is 0 Å². The second kappa shape index (κ2) is 6.06. The first kappa shape index (κ1) is 15.5. The summed E-state index contributed by atoms with van der Waals surface area (Å²) >= 11 is 0. The Balaban J connectivity index is 2.91. The summed E-state index contributed by atoms with van der Waals surface area (Å²) in [6.07, 6.45) is 0. The summed E-state index contributed by atoms with van der Waals surface area (Å²) < 4.78 is 0. The highest BCUT2D eigenvalue weighted by molar-refractivity contribution is 5.97. The first-order valence-electron chi connectivity index (χ1n) is 6.16. The van der Waals surface area contributed by atoms with Crippen LogP contribution in [0.4, 0.5) is 10.5 Å². The van der Waals surface area contributed by atoms with E-state index in [9.17, 15) is 4.79 Å². The van der Waals surface area contributed by atoms with E-state index < -0.39 is 6.03 Å². The largest absolute Gasteiger partial charge is 0.369 e. The molecule has 0 aromatic heterocycles. The van der Waals surface area contributed by atoms with Crippen LogP contribution in [0.5, 0.6) is 0 Å². The number of carbonyl (C=O) groups excluding carboxylic acids is 1. The van der Waals surface area contributed by atoms with Gasteiger partial charge in [0.15, 0.2) is 0 Å². The molecule has 0 aliphatic rings. The Morgan fingerprint density at radius 2 is 2.05 bits per heavy atom. The molecule has 6 nitrogen and oxygen atoms in total. The van der Waals surface area contributed by atoms with Crippen LogP contribution in [-0.4, -0.2) is 17.5 Å². The van der Waals surface area contributed by atoms with Crippen molar-refractivity contribution in [3.05, 3.63) is 29.3 Å². The minimum Gasteiger partial charge on any atom is -0.369 e. The summed E-state index contributed by atoms with van der Waals surface area (Å²) in [7, 11) is 0. The van der Waals surface area contributed by atoms with Crippen LogP contribution in [0, 0.1) is 18.3 Å². The van der Waals surface area contributed by atoms with Gasteiger partial charge in [-0.1, -0.05) is 12.1 Å². The second-order valence-electron chi connectivity index (χ2n) is 5.41. The molecule has 106 valence electrons. The van der Waals surface area contributed by atoms with Gasteiger partial charge in [-0.25, -0.2) is 9.79 Å². The number of benzene rings is 1. The van der Waals surface area contributed by atoms with E-state index in [0.717, 1.165) is 5.56 Å². The highest BCUT2D eigenvalue weighted by Gasteiger charge is 2.14. The summed E-state index contributed by atoms with van der Waals surface area (Å²) in [5.74, 6) is -0.0578. The fourth-order valence-electron chi connectivity index (χ4n) is 1.53. The molecular formula is C14H19N5O. The number of nitrogens with zero attached hydrogens (tertiary/aromatic N) is 2. The molecule has 0 spiro atoms. The minimum atomic E-state index is -0.439. The van der Waals surface area contributed by atoms with Gasteiger partial charge >= 0.3 is 6.03 Å². The lowest BCUT2D eigenvalue weighted by Gasteiger charge is -2.20. The molecule has 0 bridgehead atoms. The number of aliphatic imine (C=N–C) groups is 1. The minimum absolute atomic E-state index is 0.0578. The zero-order chi connectivity index (χ0) is 15.3. The van der Waals surface area contributed by atoms with E-state index in [-0.39, 0.29) is 11.5 Å². The normalized spacial score (nSPS) is 11.7. The maximum Gasteiger partial charge on any atom is 0.321 e. The molecule has 20 heavy (non-hydrogen) atoms. The smallest absolute Gasteiger partial charge is 0.321 e. The van der Waals surface area contributed by atoms with Crippen molar-refractivity contribution >= 4 is 17.7 Å². The molecule has 0 atom stereocenters. The van der Waals surface area contributed by atoms with Gasteiger partial charge in [-0.05, 0) is 39.3 Å². The van der Waals surface area contributed by atoms with Crippen LogP contribution in [0.1, 0.15) is 31.9 Å². The van der Waals surface area contributed by atoms with Crippen molar-refractivity contribution in [2.45, 2.75) is 33.2 Å². The van der Waals surface area contributed by atoms with Gasteiger partial charge in [0.2, 0.25) is 5.96 Å². The molecule has 4 N–H and O–H groups in total. The number of guanidine groups is 1. The Labute approximate surface area is 118 Å². The summed E-state index contributed by atoms with van der Waals surface area (Å²) in [5, 5.41) is 14.2. The van der Waals surface area contributed by atoms with E-state index in [1.54, 1.807) is 12.1 Å². The molecule has 0 aliphatic carbocycles. The third kappa shape index (κ3) is 4.61. The van der Waals surface area contributed by atoms with E-state index in [2.05, 4.69) is 15.6 Å². The van der Waals surface area contributed by atoms with Crippen molar-refractivity contribution in [1.82, 2.24) is 10.6 Å². The Morgan fingerprint density at radius 1 is 1.40 bits per heavy atom. The molecule has 0 saturated carbocycles. The first-order chi connectivity index (χ1) is 9.23. The molecule has 0 radical (unpaired) electrons. The van der Waals surface area contributed by atoms with E-state index in [4.69, 9.17) is 11.0 Å². The standard InChI is InChI=1S/C14H19N5O/c1-9-6-5-7-10(8-15)11(9)17-12(16)18-13(20)19-14(2,3)4/h5-7H,1-4H3,(H4,16,17,18,19,20). The van der Waals surface area contributed by atoms with Crippen LogP contribution in [0.25, 0.3) is 0 Å². The number of aryl methyl sites for hydroxylation is 1. The van der Waals surface area contributed by atoms with Gasteiger partial charge in [-0.2, -0.15) is 5.26 Å². The van der Waals surface area contributed by atoms with Crippen LogP contribution in [0.2, 0.25) is 0 Å². The Kier molecular flexibility index (Phi) is 4.70. The Morgan fingerprint density at radius 3 is 2.60 bits per heavy atom. The molecule has 1 rings (SSSR count). The molecule has 1 aromatic carbocycles. The van der Waals surface area contributed by atoms with E-state index in [0.29, 0.717) is 11.3 Å². The van der Waals surface area contributed by atoms with Crippen molar-refractivity contribution in [2.75, 3.05) is 0 Å². The number of nitrogens with one attached hydrogen (secondary N) is 2. The number of urea groups is 1. The third-order valence-corrected chi connectivity index (χ3v) is 2.32. The predicted octanol–water partition coefficient (Wildman–Crippen LogP) is 1.91. The van der Waals surface area contributed by atoms with Crippen LogP contribution in [0.15, 0.2) is 23.2 Å². The van der Waals surface area contributed by atoms with Gasteiger partial charge in [-0.15, -0.1) is 0 Å². The van der Waals surface area contributed by atoms with Crippen molar-refractivity contribution in [2.24, 2.45) is 10.7 Å². The molecule has 2 amide bonds. The van der Waals surface area contributed by atoms with Crippen molar-refractivity contribution in [3.63, 3.8) is 0 Å². The second-order valence-corrected chi connectivity index (χ2v) is 5.41.